The lowest BCUT2D eigenvalue weighted by molar-refractivity contribution is -0.158. The van der Waals surface area contributed by atoms with Gasteiger partial charge in [-0.2, -0.15) is 0 Å². The Bertz CT molecular complexity index is 1370. The lowest BCUT2D eigenvalue weighted by Crippen LogP contribution is -2.65. The fourth-order valence-electron chi connectivity index (χ4n) is 6.14. The summed E-state index contributed by atoms with van der Waals surface area (Å²) in [4.78, 5) is 53.6. The van der Waals surface area contributed by atoms with Gasteiger partial charge in [0.25, 0.3) is 8.32 Å². The monoisotopic (exact) mass is 615 g/mol. The highest BCUT2D eigenvalue weighted by molar-refractivity contribution is 6.98. The predicted octanol–water partition coefficient (Wildman–Crippen LogP) is 5.63. The first-order chi connectivity index (χ1) is 20.8. The van der Waals surface area contributed by atoms with E-state index >= 15 is 0 Å². The van der Waals surface area contributed by atoms with Crippen molar-refractivity contribution in [1.82, 2.24) is 4.90 Å². The largest absolute Gasteiger partial charge is 0.460 e. The van der Waals surface area contributed by atoms with Gasteiger partial charge in [-0.3, -0.25) is 9.59 Å². The number of imide groups is 1. The average molecular weight is 616 g/mol. The topological polar surface area (TPSA) is 93.1 Å². The molecule has 2 amide bonds. The van der Waals surface area contributed by atoms with Crippen LogP contribution in [0.3, 0.4) is 0 Å². The van der Waals surface area contributed by atoms with Crippen LogP contribution < -0.4 is 10.4 Å². The maximum atomic E-state index is 14.0. The molecule has 0 radical (unpaired) electrons. The van der Waals surface area contributed by atoms with Crippen LogP contribution >= 0.6 is 0 Å². The smallest absolute Gasteiger partial charge is 0.416 e. The first-order valence-electron chi connectivity index (χ1n) is 15.4. The number of hydrogen-bond acceptors (Lipinski definition) is 6. The van der Waals surface area contributed by atoms with E-state index in [4.69, 9.17) is 9.47 Å². The maximum Gasteiger partial charge on any atom is 0.416 e. The number of benzene rings is 3. The number of cyclic esters (lactones) is 1. The first kappa shape index (κ1) is 33.1. The van der Waals surface area contributed by atoms with Gasteiger partial charge < -0.3 is 14.3 Å². The number of rotatable bonds is 12. The number of amides is 2. The molecule has 8 heteroatoms. The molecule has 44 heavy (non-hydrogen) atoms. The summed E-state index contributed by atoms with van der Waals surface area (Å²) in [5, 5.41) is 1.32. The second kappa shape index (κ2) is 13.9. The zero-order valence-electron chi connectivity index (χ0n) is 26.5. The summed E-state index contributed by atoms with van der Waals surface area (Å²) in [6.07, 6.45) is 1.18. The van der Waals surface area contributed by atoms with Crippen LogP contribution in [0.1, 0.15) is 65.9 Å². The van der Waals surface area contributed by atoms with Crippen LogP contribution in [0.4, 0.5) is 4.79 Å². The molecule has 0 spiro atoms. The Hall–Kier alpha value is -3.75. The van der Waals surface area contributed by atoms with Crippen molar-refractivity contribution < 1.29 is 28.7 Å². The predicted molar refractivity (Wildman–Crippen MR) is 174 cm³/mol. The highest BCUT2D eigenvalue weighted by atomic mass is 28.4. The van der Waals surface area contributed by atoms with Crippen LogP contribution in [0.5, 0.6) is 0 Å². The zero-order valence-corrected chi connectivity index (χ0v) is 27.5. The first-order valence-corrected chi connectivity index (χ1v) is 17.4. The minimum absolute atomic E-state index is 0.110. The van der Waals surface area contributed by atoms with E-state index in [0.29, 0.717) is 25.7 Å². The van der Waals surface area contributed by atoms with Crippen molar-refractivity contribution in [1.29, 1.82) is 0 Å². The third-order valence-corrected chi connectivity index (χ3v) is 13.0. The Balaban J connectivity index is 1.56. The summed E-state index contributed by atoms with van der Waals surface area (Å²) < 4.78 is 10.9. The van der Waals surface area contributed by atoms with E-state index in [-0.39, 0.29) is 13.0 Å². The molecule has 1 aliphatic rings. The van der Waals surface area contributed by atoms with E-state index in [1.54, 1.807) is 20.8 Å². The zero-order chi connectivity index (χ0) is 32.0. The van der Waals surface area contributed by atoms with Gasteiger partial charge in [-0.15, -0.1) is 0 Å². The van der Waals surface area contributed by atoms with Crippen molar-refractivity contribution in [3.05, 3.63) is 96.6 Å². The van der Waals surface area contributed by atoms with Crippen LogP contribution in [0.15, 0.2) is 91.0 Å². The average Bonchev–Trinajstić information content (AvgIpc) is 3.35. The van der Waals surface area contributed by atoms with E-state index < -0.39 is 48.9 Å². The maximum absolute atomic E-state index is 14.0. The number of carbonyl (C=O) groups is 3. The van der Waals surface area contributed by atoms with Crippen molar-refractivity contribution in [3.8, 4) is 0 Å². The molecule has 3 aromatic rings. The molecular weight excluding hydrogens is 570 g/mol. The number of ether oxygens (including phenoxy) is 2. The van der Waals surface area contributed by atoms with Gasteiger partial charge in [-0.05, 0) is 61.0 Å². The third-order valence-electron chi connectivity index (χ3n) is 8.41. The van der Waals surface area contributed by atoms with Crippen molar-refractivity contribution in [2.75, 3.05) is 6.61 Å². The van der Waals surface area contributed by atoms with E-state index in [9.17, 15) is 19.2 Å². The number of esters is 1. The van der Waals surface area contributed by atoms with Gasteiger partial charge in [0.2, 0.25) is 5.91 Å². The van der Waals surface area contributed by atoms with Gasteiger partial charge >= 0.3 is 12.1 Å². The van der Waals surface area contributed by atoms with Crippen molar-refractivity contribution in [2.45, 2.75) is 83.4 Å². The van der Waals surface area contributed by atoms with Crippen LogP contribution in [0.2, 0.25) is 5.04 Å². The molecule has 0 saturated carbocycles. The molecule has 1 fully saturated rings. The van der Waals surface area contributed by atoms with E-state index in [1.807, 2.05) is 91.0 Å². The van der Waals surface area contributed by atoms with Crippen molar-refractivity contribution in [3.63, 3.8) is 0 Å². The summed E-state index contributed by atoms with van der Waals surface area (Å²) >= 11 is 0. The molecule has 1 heterocycles. The van der Waals surface area contributed by atoms with Gasteiger partial charge in [-0.25, -0.2) is 9.69 Å². The van der Waals surface area contributed by atoms with Crippen LogP contribution in [-0.2, 0) is 25.5 Å². The Morgan fingerprint density at radius 3 is 1.95 bits per heavy atom. The lowest BCUT2D eigenvalue weighted by atomic mass is 9.93. The molecule has 1 aliphatic heterocycles. The molecule has 234 valence electrons. The molecule has 0 unspecified atom stereocenters. The van der Waals surface area contributed by atoms with Crippen LogP contribution in [0.25, 0.3) is 0 Å². The van der Waals surface area contributed by atoms with Gasteiger partial charge in [0.15, 0.2) is 0 Å². The molecule has 7 nitrogen and oxygen atoms in total. The van der Waals surface area contributed by atoms with Gasteiger partial charge in [0.05, 0.1) is 12.5 Å². The lowest BCUT2D eigenvalue weighted by Gasteiger charge is -2.41. The molecule has 0 aromatic heterocycles. The van der Waals surface area contributed by atoms with Gasteiger partial charge in [0, 0.05) is 5.92 Å². The fraction of sp³-hybridized carbons (Fsp3) is 0.417. The quantitative estimate of drug-likeness (QED) is 0.210. The van der Waals surface area contributed by atoms with E-state index in [0.717, 1.165) is 15.9 Å². The Morgan fingerprint density at radius 1 is 0.909 bits per heavy atom. The molecule has 0 aliphatic carbocycles. The number of carbonyl (C=O) groups excluding carboxylic acids is 3. The normalized spacial score (nSPS) is 16.4. The summed E-state index contributed by atoms with van der Waals surface area (Å²) in [6, 6.07) is 28.8. The number of hydrogen-bond donors (Lipinski definition) is 1. The Labute approximate surface area is 262 Å². The minimum atomic E-state index is -3.24. The summed E-state index contributed by atoms with van der Waals surface area (Å²) in [7, 11) is -3.24. The van der Waals surface area contributed by atoms with Crippen LogP contribution in [-0.4, -0.2) is 54.2 Å². The summed E-state index contributed by atoms with van der Waals surface area (Å²) in [6.45, 7) is 9.64. The molecule has 0 bridgehead atoms. The van der Waals surface area contributed by atoms with Crippen molar-refractivity contribution >= 4 is 36.7 Å². The van der Waals surface area contributed by atoms with Crippen LogP contribution in [0, 0.1) is 5.92 Å². The number of nitrogens with zero attached hydrogens (tertiary/aromatic N) is 1. The van der Waals surface area contributed by atoms with Gasteiger partial charge in [-0.1, -0.05) is 111 Å². The second-order valence-corrected chi connectivity index (χ2v) is 17.3. The minimum Gasteiger partial charge on any atom is -0.460 e. The molecular formula is C36H45NO6Si. The summed E-state index contributed by atoms with van der Waals surface area (Å²) in [5.74, 6) is -1.68. The Kier molecular flexibility index (Phi) is 10.5. The second-order valence-electron chi connectivity index (χ2n) is 13.3. The van der Waals surface area contributed by atoms with E-state index in [1.165, 1.54) is 4.90 Å². The fourth-order valence-corrected chi connectivity index (χ4v) is 9.92. The standard InChI is InChI=1S/C36H45NO6Si/c1-35(2,3)43-32(38)25-28(33(39)37-29(26-42-34(37)40)24-27-16-9-6-10-17-27)18-15-23-36(4,5)44(41,30-19-11-7-12-20-30)31-21-13-8-14-22-31/h6-14,16-17,19-22,28-29,41H,15,18,23-26H2,1-5H3/t28-,29+/m1/s1. The SMILES string of the molecule is CC(C)(C)OC(=O)C[C@@H](CCCC(C)(C)[Si](O)(c1ccccc1)c1ccccc1)C(=O)N1C(=O)OC[C@@H]1Cc1ccccc1. The highest BCUT2D eigenvalue weighted by Crippen LogP contribution is 2.41. The Morgan fingerprint density at radius 2 is 1.43 bits per heavy atom. The van der Waals surface area contributed by atoms with Crippen molar-refractivity contribution in [2.24, 2.45) is 5.92 Å². The van der Waals surface area contributed by atoms with Gasteiger partial charge in [0.1, 0.15) is 12.2 Å². The molecule has 1 N–H and O–H groups in total. The molecule has 1 saturated heterocycles. The van der Waals surface area contributed by atoms with E-state index in [2.05, 4.69) is 13.8 Å². The molecule has 3 aromatic carbocycles. The summed E-state index contributed by atoms with van der Waals surface area (Å²) in [5.41, 5.74) is 0.285. The highest BCUT2D eigenvalue weighted by Gasteiger charge is 2.50. The molecule has 2 atom stereocenters. The molecule has 4 rings (SSSR count). The third kappa shape index (κ3) is 7.84.